The van der Waals surface area contributed by atoms with Crippen LogP contribution in [0.5, 0.6) is 0 Å². The average molecular weight is 355 g/mol. The summed E-state index contributed by atoms with van der Waals surface area (Å²) in [4.78, 5) is 28.0. The molecule has 1 aliphatic rings. The highest BCUT2D eigenvalue weighted by Crippen LogP contribution is 2.21. The van der Waals surface area contributed by atoms with Crippen LogP contribution in [-0.4, -0.2) is 37.5 Å². The van der Waals surface area contributed by atoms with Gasteiger partial charge in [0.05, 0.1) is 17.7 Å². The van der Waals surface area contributed by atoms with E-state index in [2.05, 4.69) is 40.6 Å². The van der Waals surface area contributed by atoms with Crippen LogP contribution in [0, 0.1) is 12.8 Å². The van der Waals surface area contributed by atoms with Gasteiger partial charge in [-0.2, -0.15) is 0 Å². The van der Waals surface area contributed by atoms with Gasteiger partial charge in [0.2, 0.25) is 0 Å². The summed E-state index contributed by atoms with van der Waals surface area (Å²) in [6, 6.07) is 3.67. The summed E-state index contributed by atoms with van der Waals surface area (Å²) in [6.07, 6.45) is 5.74. The van der Waals surface area contributed by atoms with Gasteiger partial charge in [0.25, 0.3) is 5.56 Å². The topological polar surface area (TPSA) is 63.9 Å². The van der Waals surface area contributed by atoms with E-state index in [1.807, 2.05) is 19.2 Å². The Morgan fingerprint density at radius 2 is 1.92 bits per heavy atom. The van der Waals surface area contributed by atoms with Crippen LogP contribution in [0.2, 0.25) is 0 Å². The van der Waals surface area contributed by atoms with Crippen molar-refractivity contribution >= 4 is 0 Å². The minimum atomic E-state index is -0.0943. The zero-order valence-electron chi connectivity index (χ0n) is 16.3. The van der Waals surface area contributed by atoms with E-state index < -0.39 is 0 Å². The highest BCUT2D eigenvalue weighted by atomic mass is 16.1. The molecule has 0 amide bonds. The van der Waals surface area contributed by atoms with E-state index >= 15 is 0 Å². The Labute approximate surface area is 155 Å². The Balaban J connectivity index is 1.55. The number of hydrogen-bond donors (Lipinski definition) is 0. The van der Waals surface area contributed by atoms with Crippen LogP contribution in [0.15, 0.2) is 29.5 Å². The maximum atomic E-state index is 12.4. The second-order valence-corrected chi connectivity index (χ2v) is 8.33. The molecule has 0 atom stereocenters. The average Bonchev–Trinajstić information content (AvgIpc) is 2.57. The molecule has 1 fully saturated rings. The van der Waals surface area contributed by atoms with Crippen molar-refractivity contribution in [3.8, 4) is 0 Å². The van der Waals surface area contributed by atoms with Crippen molar-refractivity contribution in [2.24, 2.45) is 5.92 Å². The Morgan fingerprint density at radius 3 is 2.54 bits per heavy atom. The molecule has 1 saturated heterocycles. The fourth-order valence-corrected chi connectivity index (χ4v) is 3.40. The molecule has 3 rings (SSSR count). The van der Waals surface area contributed by atoms with Gasteiger partial charge in [0, 0.05) is 30.8 Å². The van der Waals surface area contributed by atoms with E-state index in [4.69, 9.17) is 0 Å². The fraction of sp³-hybridized carbons (Fsp3) is 0.600. The van der Waals surface area contributed by atoms with E-state index in [-0.39, 0.29) is 11.0 Å². The number of aryl methyl sites for hydroxylation is 1. The number of nitrogens with zero attached hydrogens (tertiary/aromatic N) is 5. The monoisotopic (exact) mass is 355 g/mol. The predicted octanol–water partition coefficient (Wildman–Crippen LogP) is 2.55. The summed E-state index contributed by atoms with van der Waals surface area (Å²) >= 11 is 0. The number of aromatic nitrogens is 4. The molecule has 0 N–H and O–H groups in total. The summed E-state index contributed by atoms with van der Waals surface area (Å²) in [6.45, 7) is 11.9. The third kappa shape index (κ3) is 4.75. The van der Waals surface area contributed by atoms with Gasteiger partial charge in [-0.1, -0.05) is 20.8 Å². The molecular formula is C20H29N5O. The number of likely N-dealkylation sites (tertiary alicyclic amines) is 1. The van der Waals surface area contributed by atoms with Gasteiger partial charge >= 0.3 is 0 Å². The van der Waals surface area contributed by atoms with E-state index in [9.17, 15) is 4.79 Å². The largest absolute Gasteiger partial charge is 0.299 e. The molecule has 6 nitrogen and oxygen atoms in total. The Hall–Kier alpha value is -2.08. The molecule has 0 bridgehead atoms. The fourth-order valence-electron chi connectivity index (χ4n) is 3.40. The van der Waals surface area contributed by atoms with Crippen LogP contribution >= 0.6 is 0 Å². The van der Waals surface area contributed by atoms with Crippen molar-refractivity contribution in [1.82, 2.24) is 24.4 Å². The van der Waals surface area contributed by atoms with E-state index in [0.717, 1.165) is 56.2 Å². The highest BCUT2D eigenvalue weighted by molar-refractivity contribution is 5.10. The van der Waals surface area contributed by atoms with Gasteiger partial charge < -0.3 is 0 Å². The summed E-state index contributed by atoms with van der Waals surface area (Å²) < 4.78 is 1.77. The third-order valence-corrected chi connectivity index (χ3v) is 5.03. The van der Waals surface area contributed by atoms with E-state index in [0.29, 0.717) is 5.92 Å². The third-order valence-electron chi connectivity index (χ3n) is 5.03. The van der Waals surface area contributed by atoms with Crippen molar-refractivity contribution in [2.75, 3.05) is 13.1 Å². The Kier molecular flexibility index (Phi) is 5.51. The molecule has 140 valence electrons. The minimum Gasteiger partial charge on any atom is -0.299 e. The van der Waals surface area contributed by atoms with Crippen LogP contribution in [0.1, 0.15) is 50.8 Å². The first-order chi connectivity index (χ1) is 12.3. The van der Waals surface area contributed by atoms with Gasteiger partial charge in [0.1, 0.15) is 5.82 Å². The minimum absolute atomic E-state index is 0.0591. The molecule has 0 aliphatic carbocycles. The summed E-state index contributed by atoms with van der Waals surface area (Å²) in [7, 11) is 0. The maximum absolute atomic E-state index is 12.4. The molecule has 3 heterocycles. The summed E-state index contributed by atoms with van der Waals surface area (Å²) in [5.41, 5.74) is 1.90. The standard InChI is InChI=1S/C20H29N5O/c1-15-21-8-5-17(23-15)13-24-9-6-16(7-10-24)12-25-14-22-18(11-19(25)26)20(2,3)4/h5,8,11,14,16H,6-7,9-10,12-13H2,1-4H3. The Morgan fingerprint density at radius 1 is 1.19 bits per heavy atom. The Bertz CT molecular complexity index is 800. The van der Waals surface area contributed by atoms with Crippen LogP contribution in [0.4, 0.5) is 0 Å². The van der Waals surface area contributed by atoms with Gasteiger partial charge in [0.15, 0.2) is 0 Å². The van der Waals surface area contributed by atoms with Crippen molar-refractivity contribution in [1.29, 1.82) is 0 Å². The lowest BCUT2D eigenvalue weighted by atomic mass is 9.92. The molecular weight excluding hydrogens is 326 g/mol. The lowest BCUT2D eigenvalue weighted by Crippen LogP contribution is -2.36. The van der Waals surface area contributed by atoms with Crippen molar-refractivity contribution in [2.45, 2.75) is 59.0 Å². The van der Waals surface area contributed by atoms with Crippen LogP contribution < -0.4 is 5.56 Å². The molecule has 0 aromatic carbocycles. The van der Waals surface area contributed by atoms with Crippen molar-refractivity contribution in [3.63, 3.8) is 0 Å². The molecule has 0 unspecified atom stereocenters. The van der Waals surface area contributed by atoms with Crippen molar-refractivity contribution < 1.29 is 0 Å². The zero-order chi connectivity index (χ0) is 18.7. The second-order valence-electron chi connectivity index (χ2n) is 8.33. The lowest BCUT2D eigenvalue weighted by molar-refractivity contribution is 0.164. The first-order valence-corrected chi connectivity index (χ1v) is 9.39. The van der Waals surface area contributed by atoms with Crippen LogP contribution in [0.25, 0.3) is 0 Å². The second kappa shape index (κ2) is 7.66. The van der Waals surface area contributed by atoms with Gasteiger partial charge in [-0.3, -0.25) is 14.3 Å². The molecule has 0 saturated carbocycles. The summed E-state index contributed by atoms with van der Waals surface area (Å²) in [5, 5.41) is 0. The molecule has 0 spiro atoms. The summed E-state index contributed by atoms with van der Waals surface area (Å²) in [5.74, 6) is 1.35. The highest BCUT2D eigenvalue weighted by Gasteiger charge is 2.21. The van der Waals surface area contributed by atoms with E-state index in [1.165, 1.54) is 0 Å². The predicted molar refractivity (Wildman–Crippen MR) is 102 cm³/mol. The first kappa shape index (κ1) is 18.7. The number of piperidine rings is 1. The molecule has 2 aromatic heterocycles. The van der Waals surface area contributed by atoms with Gasteiger partial charge in [-0.25, -0.2) is 15.0 Å². The van der Waals surface area contributed by atoms with Gasteiger partial charge in [-0.05, 0) is 44.8 Å². The molecule has 26 heavy (non-hydrogen) atoms. The molecule has 2 aromatic rings. The smallest absolute Gasteiger partial charge is 0.253 e. The normalized spacial score (nSPS) is 16.8. The van der Waals surface area contributed by atoms with E-state index in [1.54, 1.807) is 17.0 Å². The maximum Gasteiger partial charge on any atom is 0.253 e. The first-order valence-electron chi connectivity index (χ1n) is 9.39. The molecule has 6 heteroatoms. The zero-order valence-corrected chi connectivity index (χ0v) is 16.3. The van der Waals surface area contributed by atoms with Crippen molar-refractivity contribution in [3.05, 3.63) is 52.2 Å². The lowest BCUT2D eigenvalue weighted by Gasteiger charge is -2.32. The number of rotatable bonds is 4. The van der Waals surface area contributed by atoms with Crippen LogP contribution in [0.3, 0.4) is 0 Å². The number of hydrogen-bond acceptors (Lipinski definition) is 5. The quantitative estimate of drug-likeness (QED) is 0.843. The van der Waals surface area contributed by atoms with Crippen LogP contribution in [-0.2, 0) is 18.5 Å². The molecule has 1 aliphatic heterocycles. The SMILES string of the molecule is Cc1nccc(CN2CCC(Cn3cnc(C(C)(C)C)cc3=O)CC2)n1. The molecule has 0 radical (unpaired) electrons. The van der Waals surface area contributed by atoms with Gasteiger partial charge in [-0.15, -0.1) is 0 Å².